The fourth-order valence-electron chi connectivity index (χ4n) is 3.05. The fourth-order valence-corrected chi connectivity index (χ4v) is 4.51. The molecule has 0 bridgehead atoms. The van der Waals surface area contributed by atoms with Crippen molar-refractivity contribution in [2.24, 2.45) is 0 Å². The number of hydrogen-bond donors (Lipinski definition) is 2. The second-order valence-electron chi connectivity index (χ2n) is 6.61. The predicted molar refractivity (Wildman–Crippen MR) is 119 cm³/mol. The molecule has 0 saturated carbocycles. The number of pyridine rings is 1. The molecule has 0 aliphatic rings. The summed E-state index contributed by atoms with van der Waals surface area (Å²) in [4.78, 5) is 26.5. The summed E-state index contributed by atoms with van der Waals surface area (Å²) in [5, 5.41) is 3.57. The van der Waals surface area contributed by atoms with Crippen molar-refractivity contribution in [1.29, 1.82) is 0 Å². The molecule has 0 aliphatic heterocycles. The minimum absolute atomic E-state index is 0.182. The van der Waals surface area contributed by atoms with Crippen molar-refractivity contribution in [3.05, 3.63) is 76.6 Å². The number of anilines is 1. The molecule has 0 spiro atoms. The second-order valence-corrected chi connectivity index (χ2v) is 8.54. The zero-order valence-corrected chi connectivity index (χ0v) is 17.6. The maximum absolute atomic E-state index is 12.5. The van der Waals surface area contributed by atoms with Crippen LogP contribution in [0.3, 0.4) is 0 Å². The molecule has 1 amide bonds. The van der Waals surface area contributed by atoms with Crippen LogP contribution < -0.4 is 10.9 Å². The third kappa shape index (κ3) is 4.84. The highest BCUT2D eigenvalue weighted by molar-refractivity contribution is 7.89. The van der Waals surface area contributed by atoms with Gasteiger partial charge >= 0.3 is 0 Å². The number of hydrogen-bond acceptors (Lipinski definition) is 4. The average Bonchev–Trinajstić information content (AvgIpc) is 2.73. The van der Waals surface area contributed by atoms with E-state index >= 15 is 0 Å². The Morgan fingerprint density at radius 2 is 1.73 bits per heavy atom. The topological polar surface area (TPSA) is 99.3 Å². The van der Waals surface area contributed by atoms with Crippen LogP contribution in [0.4, 0.5) is 5.69 Å². The van der Waals surface area contributed by atoms with Gasteiger partial charge in [0, 0.05) is 41.8 Å². The monoisotopic (exact) mass is 425 g/mol. The number of amides is 1. The molecule has 156 valence electrons. The van der Waals surface area contributed by atoms with Gasteiger partial charge in [0.05, 0.1) is 4.90 Å². The minimum Gasteiger partial charge on any atom is -0.322 e. The Kier molecular flexibility index (Phi) is 6.49. The molecule has 8 heteroatoms. The number of fused-ring (bicyclic) bond motifs is 1. The van der Waals surface area contributed by atoms with E-state index in [2.05, 4.69) is 10.3 Å². The van der Waals surface area contributed by atoms with E-state index in [-0.39, 0.29) is 16.4 Å². The number of rotatable bonds is 7. The molecule has 3 aromatic rings. The van der Waals surface area contributed by atoms with Crippen LogP contribution in [0.1, 0.15) is 19.4 Å². The van der Waals surface area contributed by atoms with E-state index in [9.17, 15) is 18.0 Å². The molecule has 2 aromatic carbocycles. The molecule has 0 radical (unpaired) electrons. The Morgan fingerprint density at radius 3 is 2.40 bits per heavy atom. The summed E-state index contributed by atoms with van der Waals surface area (Å²) in [5.74, 6) is -0.321. The number of carbonyl (C=O) groups is 1. The molecule has 0 unspecified atom stereocenters. The lowest BCUT2D eigenvalue weighted by atomic mass is 10.2. The molecule has 1 heterocycles. The maximum Gasteiger partial charge on any atom is 0.248 e. The number of aromatic amines is 1. The zero-order valence-electron chi connectivity index (χ0n) is 16.8. The zero-order chi connectivity index (χ0) is 21.7. The van der Waals surface area contributed by atoms with Gasteiger partial charge in [0.15, 0.2) is 0 Å². The van der Waals surface area contributed by atoms with E-state index in [1.165, 1.54) is 28.6 Å². The lowest BCUT2D eigenvalue weighted by molar-refractivity contribution is -0.111. The van der Waals surface area contributed by atoms with Gasteiger partial charge in [0.25, 0.3) is 0 Å². The highest BCUT2D eigenvalue weighted by Crippen LogP contribution is 2.18. The second kappa shape index (κ2) is 9.06. The van der Waals surface area contributed by atoms with Crippen molar-refractivity contribution >= 4 is 38.6 Å². The molecule has 2 N–H and O–H groups in total. The quantitative estimate of drug-likeness (QED) is 0.568. The standard InChI is InChI=1S/C22H23N3O4S/c1-3-25(4-2)30(28,29)19-10-5-16(6-11-19)7-13-21(26)23-18-9-12-20-17(15-18)8-14-22(27)24-20/h5-15H,3-4H2,1-2H3,(H,23,26)(H,24,27). The van der Waals surface area contributed by atoms with Gasteiger partial charge in [0.1, 0.15) is 0 Å². The van der Waals surface area contributed by atoms with Crippen molar-refractivity contribution in [2.45, 2.75) is 18.7 Å². The summed E-state index contributed by atoms with van der Waals surface area (Å²) in [5.41, 5.74) is 1.82. The van der Waals surface area contributed by atoms with Crippen LogP contribution in [0.2, 0.25) is 0 Å². The highest BCUT2D eigenvalue weighted by atomic mass is 32.2. The summed E-state index contributed by atoms with van der Waals surface area (Å²) in [6.45, 7) is 4.41. The number of aromatic nitrogens is 1. The minimum atomic E-state index is -3.50. The van der Waals surface area contributed by atoms with Gasteiger partial charge in [-0.05, 0) is 48.0 Å². The van der Waals surface area contributed by atoms with Crippen LogP contribution in [0.15, 0.2) is 70.4 Å². The van der Waals surface area contributed by atoms with E-state index in [0.717, 1.165) is 5.39 Å². The summed E-state index contributed by atoms with van der Waals surface area (Å²) >= 11 is 0. The average molecular weight is 426 g/mol. The molecule has 30 heavy (non-hydrogen) atoms. The molecule has 0 aliphatic carbocycles. The van der Waals surface area contributed by atoms with Gasteiger partial charge in [-0.3, -0.25) is 9.59 Å². The number of nitrogens with zero attached hydrogens (tertiary/aromatic N) is 1. The van der Waals surface area contributed by atoms with E-state index in [0.29, 0.717) is 29.9 Å². The first-order valence-electron chi connectivity index (χ1n) is 9.56. The van der Waals surface area contributed by atoms with E-state index in [1.54, 1.807) is 56.3 Å². The van der Waals surface area contributed by atoms with Crippen LogP contribution in [0.5, 0.6) is 0 Å². The smallest absolute Gasteiger partial charge is 0.248 e. The van der Waals surface area contributed by atoms with Gasteiger partial charge in [-0.15, -0.1) is 0 Å². The summed E-state index contributed by atoms with van der Waals surface area (Å²) < 4.78 is 26.4. The Morgan fingerprint density at radius 1 is 1.03 bits per heavy atom. The summed E-state index contributed by atoms with van der Waals surface area (Å²) in [6.07, 6.45) is 2.99. The van der Waals surface area contributed by atoms with Crippen molar-refractivity contribution in [2.75, 3.05) is 18.4 Å². The lowest BCUT2D eigenvalue weighted by Crippen LogP contribution is -2.30. The normalized spacial score (nSPS) is 12.0. The Balaban J connectivity index is 1.69. The molecular formula is C22H23N3O4S. The number of nitrogens with one attached hydrogen (secondary N) is 2. The van der Waals surface area contributed by atoms with Gasteiger partial charge in [-0.1, -0.05) is 26.0 Å². The SMILES string of the molecule is CCN(CC)S(=O)(=O)c1ccc(C=CC(=O)Nc2ccc3[nH]c(=O)ccc3c2)cc1. The Labute approximate surface area is 175 Å². The summed E-state index contributed by atoms with van der Waals surface area (Å²) in [6, 6.07) is 14.7. The lowest BCUT2D eigenvalue weighted by Gasteiger charge is -2.18. The number of sulfonamides is 1. The Hall–Kier alpha value is -3.23. The van der Waals surface area contributed by atoms with Crippen LogP contribution >= 0.6 is 0 Å². The fraction of sp³-hybridized carbons (Fsp3) is 0.182. The van der Waals surface area contributed by atoms with Gasteiger partial charge < -0.3 is 10.3 Å². The summed E-state index contributed by atoms with van der Waals surface area (Å²) in [7, 11) is -3.50. The number of carbonyl (C=O) groups excluding carboxylic acids is 1. The van der Waals surface area contributed by atoms with Crippen LogP contribution in [0, 0.1) is 0 Å². The van der Waals surface area contributed by atoms with E-state index in [4.69, 9.17) is 0 Å². The number of benzene rings is 2. The van der Waals surface area contributed by atoms with Gasteiger partial charge in [-0.25, -0.2) is 8.42 Å². The van der Waals surface area contributed by atoms with E-state index < -0.39 is 10.0 Å². The molecule has 0 saturated heterocycles. The van der Waals surface area contributed by atoms with Crippen LogP contribution in [-0.2, 0) is 14.8 Å². The third-order valence-corrected chi connectivity index (χ3v) is 6.71. The molecular weight excluding hydrogens is 402 g/mol. The van der Waals surface area contributed by atoms with Crippen molar-refractivity contribution in [3.63, 3.8) is 0 Å². The molecule has 7 nitrogen and oxygen atoms in total. The van der Waals surface area contributed by atoms with Crippen molar-refractivity contribution in [1.82, 2.24) is 9.29 Å². The first-order valence-corrected chi connectivity index (χ1v) is 11.0. The largest absolute Gasteiger partial charge is 0.322 e. The Bertz CT molecular complexity index is 1240. The highest BCUT2D eigenvalue weighted by Gasteiger charge is 2.20. The van der Waals surface area contributed by atoms with Crippen molar-refractivity contribution < 1.29 is 13.2 Å². The van der Waals surface area contributed by atoms with Crippen LogP contribution in [0.25, 0.3) is 17.0 Å². The molecule has 0 fully saturated rings. The van der Waals surface area contributed by atoms with Crippen molar-refractivity contribution in [3.8, 4) is 0 Å². The maximum atomic E-state index is 12.5. The first-order chi connectivity index (χ1) is 14.3. The van der Waals surface area contributed by atoms with Gasteiger partial charge in [-0.2, -0.15) is 4.31 Å². The molecule has 1 aromatic heterocycles. The first kappa shape index (κ1) is 21.5. The third-order valence-electron chi connectivity index (χ3n) is 4.64. The molecule has 3 rings (SSSR count). The van der Waals surface area contributed by atoms with E-state index in [1.807, 2.05) is 0 Å². The predicted octanol–water partition coefficient (Wildman–Crippen LogP) is 3.21. The number of H-pyrrole nitrogens is 1. The molecule has 0 atom stereocenters. The van der Waals surface area contributed by atoms with Crippen LogP contribution in [-0.4, -0.2) is 36.7 Å². The van der Waals surface area contributed by atoms with Gasteiger partial charge in [0.2, 0.25) is 21.5 Å².